The van der Waals surface area contributed by atoms with E-state index < -0.39 is 12.0 Å². The van der Waals surface area contributed by atoms with Gasteiger partial charge in [0.1, 0.15) is 0 Å². The predicted octanol–water partition coefficient (Wildman–Crippen LogP) is -0.549. The molecule has 68 valence electrons. The molecule has 1 N–H and O–H groups in total. The second kappa shape index (κ2) is 3.18. The monoisotopic (exact) mass is 176 g/mol. The highest BCUT2D eigenvalue weighted by atomic mass is 16.4. The normalized spacial score (nSPS) is 20.8. The van der Waals surface area contributed by atoms with Gasteiger partial charge < -0.3 is 15.2 Å². The van der Waals surface area contributed by atoms with Crippen molar-refractivity contribution in [2.45, 2.75) is 19.0 Å². The van der Waals surface area contributed by atoms with E-state index in [2.05, 4.69) is 5.32 Å². The summed E-state index contributed by atoms with van der Waals surface area (Å²) in [5.74, 6) is -1.02. The highest BCUT2D eigenvalue weighted by Gasteiger charge is 2.17. The molecule has 3 nitrogen and oxygen atoms in total. The number of carboxylic acids is 1. The summed E-state index contributed by atoms with van der Waals surface area (Å²) in [6.45, 7) is 0.620. The summed E-state index contributed by atoms with van der Waals surface area (Å²) in [7, 11) is 0. The maximum absolute atomic E-state index is 10.6. The molecular formula is C10H10NO2-. The number of fused-ring (bicyclic) bond motifs is 1. The first-order valence-corrected chi connectivity index (χ1v) is 4.28. The fourth-order valence-corrected chi connectivity index (χ4v) is 1.62. The maximum Gasteiger partial charge on any atom is 0.0587 e. The summed E-state index contributed by atoms with van der Waals surface area (Å²) < 4.78 is 0. The van der Waals surface area contributed by atoms with Crippen molar-refractivity contribution in [3.63, 3.8) is 0 Å². The van der Waals surface area contributed by atoms with Gasteiger partial charge in [-0.2, -0.15) is 0 Å². The molecule has 1 aromatic carbocycles. The Balaban J connectivity index is 2.24. The van der Waals surface area contributed by atoms with Crippen molar-refractivity contribution in [2.24, 2.45) is 0 Å². The Labute approximate surface area is 76.4 Å². The summed E-state index contributed by atoms with van der Waals surface area (Å²) in [6.07, 6.45) is 0.526. The quantitative estimate of drug-likeness (QED) is 0.624. The van der Waals surface area contributed by atoms with Crippen LogP contribution >= 0.6 is 0 Å². The van der Waals surface area contributed by atoms with Crippen LogP contribution in [0.15, 0.2) is 24.3 Å². The summed E-state index contributed by atoms with van der Waals surface area (Å²) in [4.78, 5) is 10.6. The Kier molecular flexibility index (Phi) is 2.02. The van der Waals surface area contributed by atoms with Crippen molar-refractivity contribution in [3.05, 3.63) is 35.4 Å². The molecule has 1 aliphatic rings. The van der Waals surface area contributed by atoms with Crippen LogP contribution in [0, 0.1) is 0 Å². The van der Waals surface area contributed by atoms with Gasteiger partial charge in [-0.15, -0.1) is 0 Å². The zero-order valence-electron chi connectivity index (χ0n) is 7.12. The maximum atomic E-state index is 10.6. The van der Waals surface area contributed by atoms with Crippen LogP contribution < -0.4 is 10.4 Å². The third-order valence-electron chi connectivity index (χ3n) is 2.37. The third kappa shape index (κ3) is 1.55. The van der Waals surface area contributed by atoms with Gasteiger partial charge in [0.15, 0.2) is 0 Å². The number of hydrogen-bond acceptors (Lipinski definition) is 3. The standard InChI is InChI=1S/C10H11NO2/c12-10(13)9-5-7-3-1-2-4-8(7)6-11-9/h1-4,9,11H,5-6H2,(H,12,13)/p-1/t9-/m0/s1. The highest BCUT2D eigenvalue weighted by Crippen LogP contribution is 2.15. The van der Waals surface area contributed by atoms with Crippen LogP contribution in [0.2, 0.25) is 0 Å². The number of nitrogens with one attached hydrogen (secondary N) is 1. The molecule has 13 heavy (non-hydrogen) atoms. The number of carboxylic acid groups (broad SMARTS) is 1. The van der Waals surface area contributed by atoms with E-state index in [-0.39, 0.29) is 0 Å². The smallest absolute Gasteiger partial charge is 0.0587 e. The lowest BCUT2D eigenvalue weighted by Gasteiger charge is -2.26. The SMILES string of the molecule is O=C([O-])[C@@H]1Cc2ccccc2CN1. The van der Waals surface area contributed by atoms with Gasteiger partial charge in [-0.3, -0.25) is 0 Å². The van der Waals surface area contributed by atoms with Gasteiger partial charge in [0.2, 0.25) is 0 Å². The largest absolute Gasteiger partial charge is 0.548 e. The van der Waals surface area contributed by atoms with E-state index in [4.69, 9.17) is 0 Å². The van der Waals surface area contributed by atoms with Crippen LogP contribution in [-0.2, 0) is 17.8 Å². The number of hydrogen-bond donors (Lipinski definition) is 1. The molecule has 0 fully saturated rings. The number of aliphatic carboxylic acids is 1. The zero-order valence-corrected chi connectivity index (χ0v) is 7.12. The molecule has 0 saturated carbocycles. The fourth-order valence-electron chi connectivity index (χ4n) is 1.62. The molecule has 1 aliphatic heterocycles. The summed E-state index contributed by atoms with van der Waals surface area (Å²) >= 11 is 0. The number of benzene rings is 1. The lowest BCUT2D eigenvalue weighted by atomic mass is 9.96. The van der Waals surface area contributed by atoms with Crippen LogP contribution in [0.3, 0.4) is 0 Å². The van der Waals surface area contributed by atoms with Gasteiger partial charge in [0.05, 0.1) is 12.0 Å². The minimum absolute atomic E-state index is 0.526. The van der Waals surface area contributed by atoms with E-state index in [0.717, 1.165) is 5.56 Å². The van der Waals surface area contributed by atoms with Gasteiger partial charge in [-0.1, -0.05) is 24.3 Å². The van der Waals surface area contributed by atoms with Crippen molar-refractivity contribution in [1.29, 1.82) is 0 Å². The highest BCUT2D eigenvalue weighted by molar-refractivity contribution is 5.72. The Bertz CT molecular complexity index is 335. The van der Waals surface area contributed by atoms with E-state index in [1.807, 2.05) is 24.3 Å². The van der Waals surface area contributed by atoms with Crippen LogP contribution in [0.25, 0.3) is 0 Å². The van der Waals surface area contributed by atoms with E-state index in [1.165, 1.54) is 5.56 Å². The molecule has 1 atom stereocenters. The first-order valence-electron chi connectivity index (χ1n) is 4.28. The van der Waals surface area contributed by atoms with Crippen molar-refractivity contribution < 1.29 is 9.90 Å². The molecule has 0 spiro atoms. The van der Waals surface area contributed by atoms with Gasteiger partial charge in [-0.05, 0) is 17.5 Å². The Morgan fingerprint density at radius 3 is 2.77 bits per heavy atom. The average Bonchev–Trinajstić information content (AvgIpc) is 2.17. The molecule has 0 unspecified atom stereocenters. The molecular weight excluding hydrogens is 166 g/mol. The minimum Gasteiger partial charge on any atom is -0.548 e. The van der Waals surface area contributed by atoms with Crippen LogP contribution in [-0.4, -0.2) is 12.0 Å². The lowest BCUT2D eigenvalue weighted by molar-refractivity contribution is -0.308. The molecule has 1 aromatic rings. The second-order valence-corrected chi connectivity index (χ2v) is 3.23. The lowest BCUT2D eigenvalue weighted by Crippen LogP contribution is -2.48. The number of carbonyl (C=O) groups is 1. The van der Waals surface area contributed by atoms with Crippen LogP contribution in [0.4, 0.5) is 0 Å². The Morgan fingerprint density at radius 1 is 1.38 bits per heavy atom. The predicted molar refractivity (Wildman–Crippen MR) is 45.8 cm³/mol. The van der Waals surface area contributed by atoms with Crippen molar-refractivity contribution >= 4 is 5.97 Å². The van der Waals surface area contributed by atoms with Crippen molar-refractivity contribution in [1.82, 2.24) is 5.32 Å². The molecule has 0 aromatic heterocycles. The van der Waals surface area contributed by atoms with E-state index in [0.29, 0.717) is 13.0 Å². The van der Waals surface area contributed by atoms with Crippen molar-refractivity contribution in [3.8, 4) is 0 Å². The Hall–Kier alpha value is -1.35. The zero-order chi connectivity index (χ0) is 9.26. The topological polar surface area (TPSA) is 52.2 Å². The molecule has 0 bridgehead atoms. The van der Waals surface area contributed by atoms with Gasteiger partial charge in [0, 0.05) is 6.54 Å². The summed E-state index contributed by atoms with van der Waals surface area (Å²) in [6, 6.07) is 7.32. The molecule has 1 heterocycles. The molecule has 0 radical (unpaired) electrons. The summed E-state index contributed by atoms with van der Waals surface area (Å²) in [5.41, 5.74) is 2.29. The van der Waals surface area contributed by atoms with Crippen molar-refractivity contribution in [2.75, 3.05) is 0 Å². The second-order valence-electron chi connectivity index (χ2n) is 3.23. The van der Waals surface area contributed by atoms with E-state index >= 15 is 0 Å². The summed E-state index contributed by atoms with van der Waals surface area (Å²) in [5, 5.41) is 13.5. The number of carbonyl (C=O) groups excluding carboxylic acids is 1. The third-order valence-corrected chi connectivity index (χ3v) is 2.37. The van der Waals surface area contributed by atoms with E-state index in [9.17, 15) is 9.90 Å². The molecule has 3 heteroatoms. The molecule has 2 rings (SSSR count). The average molecular weight is 176 g/mol. The molecule has 0 aliphatic carbocycles. The molecule has 0 amide bonds. The first kappa shape index (κ1) is 8.26. The van der Waals surface area contributed by atoms with E-state index in [1.54, 1.807) is 0 Å². The van der Waals surface area contributed by atoms with Crippen LogP contribution in [0.5, 0.6) is 0 Å². The molecule has 0 saturated heterocycles. The Morgan fingerprint density at radius 2 is 2.08 bits per heavy atom. The van der Waals surface area contributed by atoms with Gasteiger partial charge in [0.25, 0.3) is 0 Å². The number of rotatable bonds is 1. The first-order chi connectivity index (χ1) is 6.27. The van der Waals surface area contributed by atoms with Crippen LogP contribution in [0.1, 0.15) is 11.1 Å². The van der Waals surface area contributed by atoms with Gasteiger partial charge in [-0.25, -0.2) is 0 Å². The minimum atomic E-state index is -1.02. The van der Waals surface area contributed by atoms with Gasteiger partial charge >= 0.3 is 0 Å². The fraction of sp³-hybridized carbons (Fsp3) is 0.300.